The van der Waals surface area contributed by atoms with Gasteiger partial charge in [0.05, 0.1) is 11.6 Å². The van der Waals surface area contributed by atoms with Gasteiger partial charge in [-0.25, -0.2) is 0 Å². The number of hydrogen-bond acceptors (Lipinski definition) is 1. The van der Waals surface area contributed by atoms with E-state index in [1.165, 1.54) is 5.56 Å². The molecule has 1 heteroatoms. The van der Waals surface area contributed by atoms with Gasteiger partial charge in [0.2, 0.25) is 0 Å². The van der Waals surface area contributed by atoms with Crippen molar-refractivity contribution in [3.05, 3.63) is 35.4 Å². The second-order valence-corrected chi connectivity index (χ2v) is 2.17. The Morgan fingerprint density at radius 3 is 2.14 bits per heavy atom. The smallest absolute Gasteiger partial charge is 0.0991 e. The normalized spacial score (nSPS) is 7.14. The minimum atomic E-state index is 0.749. The molecule has 0 bridgehead atoms. The molecule has 1 aromatic rings. The van der Waals surface area contributed by atoms with E-state index in [2.05, 4.69) is 13.0 Å². The van der Waals surface area contributed by atoms with Crippen LogP contribution in [-0.4, -0.2) is 0 Å². The Labute approximate surface area is 88.4 Å². The van der Waals surface area contributed by atoms with Gasteiger partial charge in [-0.15, -0.1) is 0 Å². The number of nitriles is 1. The molecule has 0 aliphatic heterocycles. The highest BCUT2D eigenvalue weighted by Crippen LogP contribution is 2.03. The zero-order chi connectivity index (χ0) is 11.4. The second kappa shape index (κ2) is 11.7. The van der Waals surface area contributed by atoms with E-state index in [1.54, 1.807) is 0 Å². The van der Waals surface area contributed by atoms with Gasteiger partial charge in [-0.2, -0.15) is 5.26 Å². The third-order valence-electron chi connectivity index (χ3n) is 1.46. The zero-order valence-corrected chi connectivity index (χ0v) is 9.96. The van der Waals surface area contributed by atoms with Crippen LogP contribution >= 0.6 is 0 Å². The number of aryl methyl sites for hydroxylation is 1. The molecule has 0 fully saturated rings. The summed E-state index contributed by atoms with van der Waals surface area (Å²) in [6.45, 7) is 10.1. The lowest BCUT2D eigenvalue weighted by molar-refractivity contribution is 1.14. The van der Waals surface area contributed by atoms with Gasteiger partial charge in [0.25, 0.3) is 0 Å². The molecule has 1 nitrogen and oxygen atoms in total. The van der Waals surface area contributed by atoms with Crippen molar-refractivity contribution in [2.45, 2.75) is 41.0 Å². The molecule has 0 aliphatic carbocycles. The predicted octanol–water partition coefficient (Wildman–Crippen LogP) is 4.17. The molecule has 0 radical (unpaired) electrons. The summed E-state index contributed by atoms with van der Waals surface area (Å²) in [5.74, 6) is 0. The van der Waals surface area contributed by atoms with E-state index < -0.39 is 0 Å². The highest BCUT2D eigenvalue weighted by atomic mass is 14.2. The van der Waals surface area contributed by atoms with E-state index in [1.807, 2.05) is 52.0 Å². The Morgan fingerprint density at radius 1 is 1.14 bits per heavy atom. The summed E-state index contributed by atoms with van der Waals surface area (Å²) in [7, 11) is 0. The third kappa shape index (κ3) is 6.25. The van der Waals surface area contributed by atoms with Crippen LogP contribution in [0.25, 0.3) is 0 Å². The van der Waals surface area contributed by atoms with Crippen molar-refractivity contribution in [2.24, 2.45) is 0 Å². The van der Waals surface area contributed by atoms with Crippen molar-refractivity contribution in [1.82, 2.24) is 0 Å². The van der Waals surface area contributed by atoms with Crippen molar-refractivity contribution in [2.75, 3.05) is 0 Å². The molecule has 0 N–H and O–H groups in total. The van der Waals surface area contributed by atoms with Crippen LogP contribution in [0.5, 0.6) is 0 Å². The zero-order valence-electron chi connectivity index (χ0n) is 9.96. The summed E-state index contributed by atoms with van der Waals surface area (Å²) in [6.07, 6.45) is 0.996. The van der Waals surface area contributed by atoms with Gasteiger partial charge in [0.15, 0.2) is 0 Å². The number of hydrogen-bond donors (Lipinski definition) is 0. The van der Waals surface area contributed by atoms with Gasteiger partial charge < -0.3 is 0 Å². The standard InChI is InChI=1S/C9H9N.2C2H6/c1-2-8-4-3-5-9(6-8)7-10;2*1-2/h3-6H,2H2,1H3;2*1-2H3. The van der Waals surface area contributed by atoms with Crippen LogP contribution in [0.4, 0.5) is 0 Å². The first-order valence-corrected chi connectivity index (χ1v) is 5.36. The lowest BCUT2D eigenvalue weighted by Crippen LogP contribution is -1.80. The summed E-state index contributed by atoms with van der Waals surface area (Å²) in [4.78, 5) is 0. The highest BCUT2D eigenvalue weighted by Gasteiger charge is 1.89. The van der Waals surface area contributed by atoms with E-state index in [9.17, 15) is 0 Å². The predicted molar refractivity (Wildman–Crippen MR) is 63.2 cm³/mol. The topological polar surface area (TPSA) is 23.8 Å². The molecule has 0 saturated carbocycles. The lowest BCUT2D eigenvalue weighted by Gasteiger charge is -1.93. The van der Waals surface area contributed by atoms with Crippen LogP contribution in [0.1, 0.15) is 45.7 Å². The largest absolute Gasteiger partial charge is 0.192 e. The second-order valence-electron chi connectivity index (χ2n) is 2.17. The molecule has 0 amide bonds. The molecule has 1 rings (SSSR count). The summed E-state index contributed by atoms with van der Waals surface area (Å²) < 4.78 is 0. The van der Waals surface area contributed by atoms with Gasteiger partial charge in [-0.3, -0.25) is 0 Å². The Bertz CT molecular complexity index is 258. The van der Waals surface area contributed by atoms with E-state index in [4.69, 9.17) is 5.26 Å². The van der Waals surface area contributed by atoms with Gasteiger partial charge in [0.1, 0.15) is 0 Å². The SMILES string of the molecule is CC.CC.CCc1cccc(C#N)c1. The first kappa shape index (κ1) is 15.2. The summed E-state index contributed by atoms with van der Waals surface area (Å²) in [5.41, 5.74) is 1.97. The number of benzene rings is 1. The minimum absolute atomic E-state index is 0.749. The molecule has 0 saturated heterocycles. The molecule has 0 aliphatic rings. The molecule has 0 atom stereocenters. The highest BCUT2D eigenvalue weighted by molar-refractivity contribution is 5.32. The average molecular weight is 191 g/mol. The quantitative estimate of drug-likeness (QED) is 0.653. The Morgan fingerprint density at radius 2 is 1.71 bits per heavy atom. The van der Waals surface area contributed by atoms with Crippen molar-refractivity contribution in [3.63, 3.8) is 0 Å². The average Bonchev–Trinajstić information content (AvgIpc) is 2.34. The maximum absolute atomic E-state index is 8.51. The van der Waals surface area contributed by atoms with E-state index in [-0.39, 0.29) is 0 Å². The van der Waals surface area contributed by atoms with Crippen molar-refractivity contribution >= 4 is 0 Å². The minimum Gasteiger partial charge on any atom is -0.192 e. The van der Waals surface area contributed by atoms with Crippen LogP contribution in [-0.2, 0) is 6.42 Å². The monoisotopic (exact) mass is 191 g/mol. The Hall–Kier alpha value is -1.29. The van der Waals surface area contributed by atoms with Gasteiger partial charge in [0, 0.05) is 0 Å². The first-order chi connectivity index (χ1) is 6.86. The fourth-order valence-electron chi connectivity index (χ4n) is 0.861. The van der Waals surface area contributed by atoms with Crippen LogP contribution in [0.3, 0.4) is 0 Å². The lowest BCUT2D eigenvalue weighted by atomic mass is 10.1. The van der Waals surface area contributed by atoms with Gasteiger partial charge >= 0.3 is 0 Å². The number of nitrogens with zero attached hydrogens (tertiary/aromatic N) is 1. The maximum atomic E-state index is 8.51. The molecule has 0 heterocycles. The van der Waals surface area contributed by atoms with Crippen molar-refractivity contribution in [1.29, 1.82) is 5.26 Å². The molecule has 78 valence electrons. The maximum Gasteiger partial charge on any atom is 0.0991 e. The molecule has 0 spiro atoms. The van der Waals surface area contributed by atoms with Crippen LogP contribution < -0.4 is 0 Å². The van der Waals surface area contributed by atoms with Gasteiger partial charge in [-0.1, -0.05) is 46.8 Å². The van der Waals surface area contributed by atoms with E-state index in [0.717, 1.165) is 12.0 Å². The molecular weight excluding hydrogens is 170 g/mol. The molecule has 1 aromatic carbocycles. The van der Waals surface area contributed by atoms with Gasteiger partial charge in [-0.05, 0) is 24.1 Å². The first-order valence-electron chi connectivity index (χ1n) is 5.36. The summed E-state index contributed by atoms with van der Waals surface area (Å²) in [5, 5.41) is 8.51. The Balaban J connectivity index is 0. The molecule has 14 heavy (non-hydrogen) atoms. The molecular formula is C13H21N. The summed E-state index contributed by atoms with van der Waals surface area (Å²) in [6, 6.07) is 9.78. The fourth-order valence-corrected chi connectivity index (χ4v) is 0.861. The number of rotatable bonds is 1. The Kier molecular flexibility index (Phi) is 12.7. The summed E-state index contributed by atoms with van der Waals surface area (Å²) >= 11 is 0. The third-order valence-corrected chi connectivity index (χ3v) is 1.46. The fraction of sp³-hybridized carbons (Fsp3) is 0.462. The molecule has 0 unspecified atom stereocenters. The van der Waals surface area contributed by atoms with Crippen molar-refractivity contribution < 1.29 is 0 Å². The van der Waals surface area contributed by atoms with Crippen LogP contribution in [0.2, 0.25) is 0 Å². The van der Waals surface area contributed by atoms with Crippen LogP contribution in [0.15, 0.2) is 24.3 Å². The molecule has 0 aromatic heterocycles. The van der Waals surface area contributed by atoms with Crippen molar-refractivity contribution in [3.8, 4) is 6.07 Å². The van der Waals surface area contributed by atoms with E-state index >= 15 is 0 Å². The van der Waals surface area contributed by atoms with E-state index in [0.29, 0.717) is 0 Å². The van der Waals surface area contributed by atoms with Crippen LogP contribution in [0, 0.1) is 11.3 Å².